The van der Waals surface area contributed by atoms with E-state index in [9.17, 15) is 0 Å². The van der Waals surface area contributed by atoms with Crippen LogP contribution in [-0.2, 0) is 0 Å². The number of hydrogen-bond acceptors (Lipinski definition) is 1. The zero-order chi connectivity index (χ0) is 14.0. The Balaban J connectivity index is 2.25. The van der Waals surface area contributed by atoms with Gasteiger partial charge >= 0.3 is 0 Å². The van der Waals surface area contributed by atoms with E-state index < -0.39 is 0 Å². The maximum absolute atomic E-state index is 6.17. The van der Waals surface area contributed by atoms with Crippen LogP contribution in [0.5, 0.6) is 0 Å². The fourth-order valence-electron chi connectivity index (χ4n) is 1.81. The van der Waals surface area contributed by atoms with Crippen LogP contribution < -0.4 is 5.32 Å². The van der Waals surface area contributed by atoms with Gasteiger partial charge in [-0.2, -0.15) is 0 Å². The first-order chi connectivity index (χ1) is 8.95. The molecule has 0 heterocycles. The van der Waals surface area contributed by atoms with Crippen LogP contribution in [0.15, 0.2) is 36.4 Å². The van der Waals surface area contributed by atoms with Crippen molar-refractivity contribution in [2.24, 2.45) is 0 Å². The molecule has 0 radical (unpaired) electrons. The molecule has 1 nitrogen and oxygen atoms in total. The van der Waals surface area contributed by atoms with Crippen molar-refractivity contribution in [2.45, 2.75) is 13.0 Å². The highest BCUT2D eigenvalue weighted by atomic mass is 35.5. The van der Waals surface area contributed by atoms with E-state index in [0.29, 0.717) is 20.1 Å². The fourth-order valence-corrected chi connectivity index (χ4v) is 2.80. The Morgan fingerprint density at radius 3 is 2.11 bits per heavy atom. The zero-order valence-electron chi connectivity index (χ0n) is 10.1. The highest BCUT2D eigenvalue weighted by Gasteiger charge is 2.11. The molecule has 0 aliphatic carbocycles. The summed E-state index contributed by atoms with van der Waals surface area (Å²) in [5, 5.41) is 5.78. The molecule has 1 atom stereocenters. The summed E-state index contributed by atoms with van der Waals surface area (Å²) in [5.74, 6) is 0. The van der Waals surface area contributed by atoms with Gasteiger partial charge in [-0.1, -0.05) is 46.4 Å². The zero-order valence-corrected chi connectivity index (χ0v) is 13.1. The number of rotatable bonds is 3. The number of benzene rings is 2. The molecule has 100 valence electrons. The minimum absolute atomic E-state index is 0.0132. The standard InChI is InChI=1S/C14H11Cl4N/c1-8(13-7-9(15)2-3-14(13)18)19-12-5-10(16)4-11(17)6-12/h2-8,19H,1H3. The molecule has 2 rings (SSSR count). The van der Waals surface area contributed by atoms with Crippen LogP contribution in [-0.4, -0.2) is 0 Å². The van der Waals surface area contributed by atoms with Crippen LogP contribution in [0.3, 0.4) is 0 Å². The Hall–Kier alpha value is -0.600. The van der Waals surface area contributed by atoms with E-state index in [0.717, 1.165) is 11.3 Å². The highest BCUT2D eigenvalue weighted by molar-refractivity contribution is 6.35. The fraction of sp³-hybridized carbons (Fsp3) is 0.143. The summed E-state index contributed by atoms with van der Waals surface area (Å²) in [6, 6.07) is 10.7. The summed E-state index contributed by atoms with van der Waals surface area (Å²) in [6.45, 7) is 1.99. The molecule has 0 aliphatic rings. The van der Waals surface area contributed by atoms with Crippen molar-refractivity contribution in [1.82, 2.24) is 0 Å². The third kappa shape index (κ3) is 3.93. The van der Waals surface area contributed by atoms with Crippen LogP contribution in [0.25, 0.3) is 0 Å². The van der Waals surface area contributed by atoms with Gasteiger partial charge in [0.15, 0.2) is 0 Å². The van der Waals surface area contributed by atoms with Gasteiger partial charge in [0.25, 0.3) is 0 Å². The maximum atomic E-state index is 6.17. The van der Waals surface area contributed by atoms with E-state index in [1.165, 1.54) is 0 Å². The lowest BCUT2D eigenvalue weighted by Gasteiger charge is -2.17. The molecule has 2 aromatic carbocycles. The third-order valence-corrected chi connectivity index (χ3v) is 3.69. The summed E-state index contributed by atoms with van der Waals surface area (Å²) >= 11 is 24.1. The molecule has 1 N–H and O–H groups in total. The van der Waals surface area contributed by atoms with Crippen molar-refractivity contribution in [3.63, 3.8) is 0 Å². The van der Waals surface area contributed by atoms with Gasteiger partial charge in [0.05, 0.1) is 6.04 Å². The van der Waals surface area contributed by atoms with Crippen molar-refractivity contribution in [2.75, 3.05) is 5.32 Å². The molecule has 19 heavy (non-hydrogen) atoms. The lowest BCUT2D eigenvalue weighted by atomic mass is 10.1. The number of hydrogen-bond donors (Lipinski definition) is 1. The van der Waals surface area contributed by atoms with E-state index in [2.05, 4.69) is 5.32 Å². The van der Waals surface area contributed by atoms with Gasteiger partial charge < -0.3 is 5.32 Å². The second-order valence-corrected chi connectivity index (χ2v) is 5.91. The predicted molar refractivity (Wildman–Crippen MR) is 85.0 cm³/mol. The van der Waals surface area contributed by atoms with Crippen LogP contribution in [0.4, 0.5) is 5.69 Å². The lowest BCUT2D eigenvalue weighted by Crippen LogP contribution is -2.07. The van der Waals surface area contributed by atoms with Crippen molar-refractivity contribution in [1.29, 1.82) is 0 Å². The molecule has 2 aromatic rings. The smallest absolute Gasteiger partial charge is 0.0500 e. The normalized spacial score (nSPS) is 12.3. The van der Waals surface area contributed by atoms with Crippen molar-refractivity contribution >= 4 is 52.1 Å². The van der Waals surface area contributed by atoms with Gasteiger partial charge in [0, 0.05) is 25.8 Å². The minimum Gasteiger partial charge on any atom is -0.378 e. The number of nitrogens with one attached hydrogen (secondary N) is 1. The second kappa shape index (κ2) is 6.23. The second-order valence-electron chi connectivity index (χ2n) is 4.19. The van der Waals surface area contributed by atoms with E-state index >= 15 is 0 Å². The summed E-state index contributed by atoms with van der Waals surface area (Å²) < 4.78 is 0. The monoisotopic (exact) mass is 333 g/mol. The SMILES string of the molecule is CC(Nc1cc(Cl)cc(Cl)c1)c1cc(Cl)ccc1Cl. The maximum Gasteiger partial charge on any atom is 0.0500 e. The molecule has 0 aromatic heterocycles. The molecule has 0 aliphatic heterocycles. The van der Waals surface area contributed by atoms with Gasteiger partial charge in [-0.25, -0.2) is 0 Å². The number of halogens is 4. The van der Waals surface area contributed by atoms with Crippen molar-refractivity contribution in [3.05, 3.63) is 62.1 Å². The lowest BCUT2D eigenvalue weighted by molar-refractivity contribution is 0.885. The Kier molecular flexibility index (Phi) is 4.86. The van der Waals surface area contributed by atoms with Crippen LogP contribution >= 0.6 is 46.4 Å². The summed E-state index contributed by atoms with van der Waals surface area (Å²) in [7, 11) is 0. The van der Waals surface area contributed by atoms with Crippen LogP contribution in [0.2, 0.25) is 20.1 Å². The first kappa shape index (κ1) is 14.8. The summed E-state index contributed by atoms with van der Waals surface area (Å²) in [6.07, 6.45) is 0. The topological polar surface area (TPSA) is 12.0 Å². The quantitative estimate of drug-likeness (QED) is 0.677. The Morgan fingerprint density at radius 1 is 0.842 bits per heavy atom. The van der Waals surface area contributed by atoms with Crippen LogP contribution in [0.1, 0.15) is 18.5 Å². The molecule has 0 saturated carbocycles. The summed E-state index contributed by atoms with van der Waals surface area (Å²) in [5.41, 5.74) is 1.76. The van der Waals surface area contributed by atoms with Gasteiger partial charge in [-0.3, -0.25) is 0 Å². The average Bonchev–Trinajstić information content (AvgIpc) is 2.30. The molecule has 0 bridgehead atoms. The molecular weight excluding hydrogens is 324 g/mol. The van der Waals surface area contributed by atoms with Gasteiger partial charge in [0.2, 0.25) is 0 Å². The van der Waals surface area contributed by atoms with Gasteiger partial charge in [-0.15, -0.1) is 0 Å². The molecule has 5 heteroatoms. The molecule has 0 spiro atoms. The van der Waals surface area contributed by atoms with E-state index in [1.807, 2.05) is 25.1 Å². The largest absolute Gasteiger partial charge is 0.378 e. The van der Waals surface area contributed by atoms with E-state index in [-0.39, 0.29) is 6.04 Å². The minimum atomic E-state index is -0.0132. The first-order valence-corrected chi connectivity index (χ1v) is 7.14. The highest BCUT2D eigenvalue weighted by Crippen LogP contribution is 2.30. The van der Waals surface area contributed by atoms with Crippen molar-refractivity contribution in [3.8, 4) is 0 Å². The van der Waals surface area contributed by atoms with Gasteiger partial charge in [0.1, 0.15) is 0 Å². The van der Waals surface area contributed by atoms with Crippen LogP contribution in [0, 0.1) is 0 Å². The molecule has 1 unspecified atom stereocenters. The predicted octanol–water partition coefficient (Wildman–Crippen LogP) is 6.47. The Morgan fingerprint density at radius 2 is 1.47 bits per heavy atom. The molecule has 0 saturated heterocycles. The van der Waals surface area contributed by atoms with Crippen molar-refractivity contribution < 1.29 is 0 Å². The first-order valence-electron chi connectivity index (χ1n) is 5.63. The Bertz CT molecular complexity index is 578. The average molecular weight is 335 g/mol. The molecular formula is C14H11Cl4N. The van der Waals surface area contributed by atoms with E-state index in [1.54, 1.807) is 18.2 Å². The molecule has 0 amide bonds. The summed E-state index contributed by atoms with van der Waals surface area (Å²) in [4.78, 5) is 0. The number of anilines is 1. The molecule has 0 fully saturated rings. The van der Waals surface area contributed by atoms with E-state index in [4.69, 9.17) is 46.4 Å². The Labute approximate surface area is 132 Å². The third-order valence-electron chi connectivity index (χ3n) is 2.67. The van der Waals surface area contributed by atoms with Gasteiger partial charge in [-0.05, 0) is 48.9 Å².